The normalized spacial score (nSPS) is 15.3. The quantitative estimate of drug-likeness (QED) is 0.365. The molecule has 0 aliphatic carbocycles. The second-order valence-corrected chi connectivity index (χ2v) is 5.64. The van der Waals surface area contributed by atoms with Gasteiger partial charge in [0.1, 0.15) is 0 Å². The fourth-order valence-corrected chi connectivity index (χ4v) is 2.32. The lowest BCUT2D eigenvalue weighted by atomic mass is 10.1. The van der Waals surface area contributed by atoms with Crippen molar-refractivity contribution >= 4 is 41.9 Å². The van der Waals surface area contributed by atoms with Crippen LogP contribution in [0, 0.1) is 0 Å². The summed E-state index contributed by atoms with van der Waals surface area (Å²) in [7, 11) is 5.19. The molecule has 0 saturated carbocycles. The Morgan fingerprint density at radius 2 is 1.92 bits per heavy atom. The van der Waals surface area contributed by atoms with Crippen molar-refractivity contribution in [2.24, 2.45) is 4.99 Å². The molecule has 1 aliphatic heterocycles. The van der Waals surface area contributed by atoms with E-state index in [0.717, 1.165) is 12.8 Å². The number of hydrogen-bond acceptors (Lipinski definition) is 4. The van der Waals surface area contributed by atoms with Crippen LogP contribution < -0.4 is 10.6 Å². The second kappa shape index (κ2) is 12.2. The fourth-order valence-electron chi connectivity index (χ4n) is 2.32. The van der Waals surface area contributed by atoms with Crippen LogP contribution in [0.5, 0.6) is 0 Å². The van der Waals surface area contributed by atoms with Crippen molar-refractivity contribution in [3.63, 3.8) is 0 Å². The summed E-state index contributed by atoms with van der Waals surface area (Å²) < 4.78 is 5.01. The molecule has 9 heteroatoms. The van der Waals surface area contributed by atoms with Crippen molar-refractivity contribution in [3.8, 4) is 0 Å². The van der Waals surface area contributed by atoms with Gasteiger partial charge < -0.3 is 25.2 Å². The summed E-state index contributed by atoms with van der Waals surface area (Å²) in [5.41, 5.74) is 0. The first-order chi connectivity index (χ1) is 11.0. The third-order valence-corrected chi connectivity index (χ3v) is 3.72. The van der Waals surface area contributed by atoms with E-state index in [9.17, 15) is 9.59 Å². The minimum Gasteiger partial charge on any atom is -0.450 e. The number of nitrogens with one attached hydrogen (secondary N) is 2. The molecule has 0 radical (unpaired) electrons. The lowest BCUT2D eigenvalue weighted by Gasteiger charge is -2.32. The van der Waals surface area contributed by atoms with Crippen molar-refractivity contribution in [1.29, 1.82) is 0 Å². The molecule has 1 aliphatic rings. The first-order valence-corrected chi connectivity index (χ1v) is 8.07. The Morgan fingerprint density at radius 1 is 1.29 bits per heavy atom. The van der Waals surface area contributed by atoms with Crippen LogP contribution in [0.1, 0.15) is 26.2 Å². The van der Waals surface area contributed by atoms with E-state index in [1.165, 1.54) is 0 Å². The predicted molar refractivity (Wildman–Crippen MR) is 105 cm³/mol. The molecule has 1 saturated heterocycles. The van der Waals surface area contributed by atoms with Gasteiger partial charge in [0.2, 0.25) is 5.91 Å². The zero-order chi connectivity index (χ0) is 17.2. The standard InChI is InChI=1S/C15H29N5O3.HI/c1-5-23-15(22)20-10-7-12(8-11-20)18-14(16-2)17-9-6-13(21)19(3)4;/h12H,5-11H2,1-4H3,(H2,16,17,18);1H. The average molecular weight is 455 g/mol. The number of carbonyl (C=O) groups is 2. The number of halogens is 1. The largest absolute Gasteiger partial charge is 0.450 e. The number of hydrogen-bond donors (Lipinski definition) is 2. The molecule has 1 rings (SSSR count). The SMILES string of the molecule is CCOC(=O)N1CCC(NC(=NC)NCCC(=O)N(C)C)CC1.I. The van der Waals surface area contributed by atoms with E-state index in [1.807, 2.05) is 6.92 Å². The van der Waals surface area contributed by atoms with E-state index in [2.05, 4.69) is 15.6 Å². The monoisotopic (exact) mass is 455 g/mol. The number of nitrogens with zero attached hydrogens (tertiary/aromatic N) is 3. The maximum absolute atomic E-state index is 11.7. The molecular weight excluding hydrogens is 425 g/mol. The van der Waals surface area contributed by atoms with Gasteiger partial charge in [-0.25, -0.2) is 4.79 Å². The highest BCUT2D eigenvalue weighted by Crippen LogP contribution is 2.11. The number of aliphatic imine (C=N–C) groups is 1. The van der Waals surface area contributed by atoms with Crippen molar-refractivity contribution in [2.75, 3.05) is 47.4 Å². The molecule has 0 spiro atoms. The summed E-state index contributed by atoms with van der Waals surface area (Å²) >= 11 is 0. The third kappa shape index (κ3) is 8.02. The Bertz CT molecular complexity index is 423. The van der Waals surface area contributed by atoms with Crippen LogP contribution in [-0.2, 0) is 9.53 Å². The lowest BCUT2D eigenvalue weighted by molar-refractivity contribution is -0.128. The van der Waals surface area contributed by atoms with Crippen LogP contribution in [-0.4, -0.2) is 81.2 Å². The molecular formula is C15H30IN5O3. The molecule has 1 fully saturated rings. The zero-order valence-corrected chi connectivity index (χ0v) is 17.3. The molecule has 0 unspecified atom stereocenters. The van der Waals surface area contributed by atoms with Crippen molar-refractivity contribution in [3.05, 3.63) is 0 Å². The van der Waals surface area contributed by atoms with Gasteiger partial charge in [0.15, 0.2) is 5.96 Å². The second-order valence-electron chi connectivity index (χ2n) is 5.64. The summed E-state index contributed by atoms with van der Waals surface area (Å²) in [4.78, 5) is 30.7. The summed E-state index contributed by atoms with van der Waals surface area (Å²) in [6.45, 7) is 4.10. The predicted octanol–water partition coefficient (Wildman–Crippen LogP) is 0.869. The molecule has 0 aromatic heterocycles. The Labute approximate surface area is 161 Å². The number of rotatable bonds is 5. The molecule has 140 valence electrons. The van der Waals surface area contributed by atoms with Gasteiger partial charge in [0.25, 0.3) is 0 Å². The van der Waals surface area contributed by atoms with Gasteiger partial charge in [0.05, 0.1) is 6.61 Å². The molecule has 0 bridgehead atoms. The molecule has 2 amide bonds. The zero-order valence-electron chi connectivity index (χ0n) is 15.0. The Kier molecular flexibility index (Phi) is 11.5. The van der Waals surface area contributed by atoms with E-state index < -0.39 is 0 Å². The van der Waals surface area contributed by atoms with Gasteiger partial charge >= 0.3 is 6.09 Å². The van der Waals surface area contributed by atoms with Crippen LogP contribution in [0.2, 0.25) is 0 Å². The molecule has 1 heterocycles. The summed E-state index contributed by atoms with van der Waals surface area (Å²) in [6.07, 6.45) is 1.87. The van der Waals surface area contributed by atoms with Crippen LogP contribution in [0.25, 0.3) is 0 Å². The summed E-state index contributed by atoms with van der Waals surface area (Å²) in [5.74, 6) is 0.766. The number of likely N-dealkylation sites (tertiary alicyclic amines) is 1. The van der Waals surface area contributed by atoms with Crippen molar-refractivity contribution in [1.82, 2.24) is 20.4 Å². The molecule has 0 atom stereocenters. The van der Waals surface area contributed by atoms with Gasteiger partial charge in [-0.15, -0.1) is 24.0 Å². The van der Waals surface area contributed by atoms with Gasteiger partial charge in [0, 0.05) is 53.2 Å². The first kappa shape index (κ1) is 22.7. The summed E-state index contributed by atoms with van der Waals surface area (Å²) in [6, 6.07) is 0.261. The maximum Gasteiger partial charge on any atom is 0.409 e. The van der Waals surface area contributed by atoms with Crippen LogP contribution in [0.3, 0.4) is 0 Å². The smallest absolute Gasteiger partial charge is 0.409 e. The molecule has 24 heavy (non-hydrogen) atoms. The Morgan fingerprint density at radius 3 is 2.42 bits per heavy atom. The maximum atomic E-state index is 11.7. The van der Waals surface area contributed by atoms with Crippen LogP contribution >= 0.6 is 24.0 Å². The van der Waals surface area contributed by atoms with Crippen molar-refractivity contribution in [2.45, 2.75) is 32.2 Å². The first-order valence-electron chi connectivity index (χ1n) is 8.07. The fraction of sp³-hybridized carbons (Fsp3) is 0.800. The highest BCUT2D eigenvalue weighted by atomic mass is 127. The van der Waals surface area contributed by atoms with Gasteiger partial charge in [-0.3, -0.25) is 9.79 Å². The van der Waals surface area contributed by atoms with Crippen LogP contribution in [0.4, 0.5) is 4.79 Å². The Balaban J connectivity index is 0.00000529. The van der Waals surface area contributed by atoms with E-state index in [1.54, 1.807) is 30.9 Å². The van der Waals surface area contributed by atoms with E-state index >= 15 is 0 Å². The van der Waals surface area contributed by atoms with Gasteiger partial charge in [-0.05, 0) is 19.8 Å². The topological polar surface area (TPSA) is 86.3 Å². The number of guanidine groups is 1. The molecule has 0 aromatic carbocycles. The van der Waals surface area contributed by atoms with Gasteiger partial charge in [-0.1, -0.05) is 0 Å². The third-order valence-electron chi connectivity index (χ3n) is 3.72. The average Bonchev–Trinajstić information content (AvgIpc) is 2.54. The molecule has 0 aromatic rings. The van der Waals surface area contributed by atoms with E-state index in [-0.39, 0.29) is 42.0 Å². The molecule has 2 N–H and O–H groups in total. The highest BCUT2D eigenvalue weighted by molar-refractivity contribution is 14.0. The number of ether oxygens (including phenoxy) is 1. The highest BCUT2D eigenvalue weighted by Gasteiger charge is 2.24. The van der Waals surface area contributed by atoms with E-state index in [4.69, 9.17) is 4.74 Å². The minimum absolute atomic E-state index is 0. The summed E-state index contributed by atoms with van der Waals surface area (Å²) in [5, 5.41) is 6.48. The van der Waals surface area contributed by atoms with Gasteiger partial charge in [-0.2, -0.15) is 0 Å². The van der Waals surface area contributed by atoms with E-state index in [0.29, 0.717) is 38.6 Å². The number of piperidine rings is 1. The number of carbonyl (C=O) groups excluding carboxylic acids is 2. The minimum atomic E-state index is -0.240. The Hall–Kier alpha value is -1.26. The van der Waals surface area contributed by atoms with Crippen LogP contribution in [0.15, 0.2) is 4.99 Å². The number of amides is 2. The van der Waals surface area contributed by atoms with Crippen molar-refractivity contribution < 1.29 is 14.3 Å². The lowest BCUT2D eigenvalue weighted by Crippen LogP contribution is -2.50. The molecule has 8 nitrogen and oxygen atoms in total.